The summed E-state index contributed by atoms with van der Waals surface area (Å²) in [5, 5.41) is 0. The zero-order valence-electron chi connectivity index (χ0n) is 11.2. The van der Waals surface area contributed by atoms with E-state index in [2.05, 4.69) is 4.72 Å². The molecule has 0 unspecified atom stereocenters. The Balaban J connectivity index is 2.30. The van der Waals surface area contributed by atoms with Gasteiger partial charge in [-0.3, -0.25) is 4.72 Å². The first-order chi connectivity index (χ1) is 9.56. The zero-order chi connectivity index (χ0) is 14.6. The Hall–Kier alpha value is -2.21. The van der Waals surface area contributed by atoms with Crippen LogP contribution in [-0.4, -0.2) is 22.6 Å². The van der Waals surface area contributed by atoms with E-state index in [0.29, 0.717) is 17.2 Å². The number of sulfonamides is 1. The monoisotopic (exact) mass is 293 g/mol. The quantitative estimate of drug-likeness (QED) is 0.920. The molecule has 1 N–H and O–H groups in total. The molecule has 20 heavy (non-hydrogen) atoms. The maximum Gasteiger partial charge on any atom is 0.261 e. The first-order valence-electron chi connectivity index (χ1n) is 5.87. The number of hydrogen-bond donors (Lipinski definition) is 1. The van der Waals surface area contributed by atoms with Gasteiger partial charge in [0.05, 0.1) is 24.8 Å². The van der Waals surface area contributed by atoms with Crippen molar-refractivity contribution in [1.82, 2.24) is 0 Å². The second-order valence-corrected chi connectivity index (χ2v) is 5.67. The van der Waals surface area contributed by atoms with Gasteiger partial charge in [0.2, 0.25) is 0 Å². The number of rotatable bonds is 5. The Kier molecular flexibility index (Phi) is 4.14. The molecule has 0 aromatic heterocycles. The molecule has 5 nitrogen and oxygen atoms in total. The summed E-state index contributed by atoms with van der Waals surface area (Å²) in [5.74, 6) is 0.996. The van der Waals surface area contributed by atoms with Gasteiger partial charge in [-0.25, -0.2) is 8.42 Å². The molecule has 0 aliphatic rings. The lowest BCUT2D eigenvalue weighted by Gasteiger charge is -2.11. The molecular weight excluding hydrogens is 278 g/mol. The topological polar surface area (TPSA) is 64.6 Å². The molecule has 0 amide bonds. The lowest BCUT2D eigenvalue weighted by molar-refractivity contribution is 0.355. The number of benzene rings is 2. The van der Waals surface area contributed by atoms with Gasteiger partial charge < -0.3 is 9.47 Å². The van der Waals surface area contributed by atoms with Gasteiger partial charge >= 0.3 is 0 Å². The number of methoxy groups -OCH3 is 2. The Labute approximate surface area is 118 Å². The second kappa shape index (κ2) is 5.83. The maximum absolute atomic E-state index is 12.2. The van der Waals surface area contributed by atoms with Crippen LogP contribution in [0.15, 0.2) is 53.4 Å². The van der Waals surface area contributed by atoms with Crippen LogP contribution < -0.4 is 14.2 Å². The summed E-state index contributed by atoms with van der Waals surface area (Å²) >= 11 is 0. The number of anilines is 1. The smallest absolute Gasteiger partial charge is 0.261 e. The van der Waals surface area contributed by atoms with E-state index in [9.17, 15) is 8.42 Å². The average molecular weight is 293 g/mol. The Morgan fingerprint density at radius 1 is 0.900 bits per heavy atom. The number of nitrogens with one attached hydrogen (secondary N) is 1. The predicted octanol–water partition coefficient (Wildman–Crippen LogP) is 2.50. The molecule has 6 heteroatoms. The fourth-order valence-electron chi connectivity index (χ4n) is 1.71. The zero-order valence-corrected chi connectivity index (χ0v) is 12.0. The average Bonchev–Trinajstić information content (AvgIpc) is 2.47. The Morgan fingerprint density at radius 3 is 2.15 bits per heavy atom. The van der Waals surface area contributed by atoms with E-state index in [4.69, 9.17) is 9.47 Å². The molecule has 0 fully saturated rings. The minimum absolute atomic E-state index is 0.204. The number of ether oxygens (including phenoxy) is 2. The van der Waals surface area contributed by atoms with Gasteiger partial charge in [0, 0.05) is 6.07 Å². The van der Waals surface area contributed by atoms with Crippen molar-refractivity contribution in [2.45, 2.75) is 4.90 Å². The van der Waals surface area contributed by atoms with Crippen LogP contribution in [0.2, 0.25) is 0 Å². The molecule has 0 aliphatic carbocycles. The third-order valence-corrected chi connectivity index (χ3v) is 4.09. The predicted molar refractivity (Wildman–Crippen MR) is 76.8 cm³/mol. The van der Waals surface area contributed by atoms with Crippen molar-refractivity contribution in [1.29, 1.82) is 0 Å². The van der Waals surface area contributed by atoms with Crippen molar-refractivity contribution in [3.05, 3.63) is 48.5 Å². The van der Waals surface area contributed by atoms with Gasteiger partial charge in [0.15, 0.2) is 11.5 Å². The van der Waals surface area contributed by atoms with E-state index < -0.39 is 10.0 Å². The van der Waals surface area contributed by atoms with Crippen LogP contribution in [-0.2, 0) is 10.0 Å². The molecule has 2 rings (SSSR count). The molecule has 0 aliphatic heterocycles. The van der Waals surface area contributed by atoms with Crippen LogP contribution >= 0.6 is 0 Å². The van der Waals surface area contributed by atoms with Gasteiger partial charge in [-0.15, -0.1) is 0 Å². The van der Waals surface area contributed by atoms with Crippen LogP contribution in [0.1, 0.15) is 0 Å². The van der Waals surface area contributed by atoms with Gasteiger partial charge in [-0.2, -0.15) is 0 Å². The Morgan fingerprint density at radius 2 is 1.55 bits per heavy atom. The van der Waals surface area contributed by atoms with Crippen LogP contribution in [0.4, 0.5) is 5.69 Å². The van der Waals surface area contributed by atoms with E-state index >= 15 is 0 Å². The van der Waals surface area contributed by atoms with Crippen molar-refractivity contribution in [3.63, 3.8) is 0 Å². The van der Waals surface area contributed by atoms with Crippen molar-refractivity contribution >= 4 is 15.7 Å². The van der Waals surface area contributed by atoms with Crippen molar-refractivity contribution in [3.8, 4) is 11.5 Å². The summed E-state index contributed by atoms with van der Waals surface area (Å²) in [6.45, 7) is 0. The van der Waals surface area contributed by atoms with Crippen molar-refractivity contribution in [2.75, 3.05) is 18.9 Å². The van der Waals surface area contributed by atoms with Gasteiger partial charge in [-0.1, -0.05) is 18.2 Å². The third-order valence-electron chi connectivity index (χ3n) is 2.69. The van der Waals surface area contributed by atoms with Crippen LogP contribution in [0, 0.1) is 0 Å². The summed E-state index contributed by atoms with van der Waals surface area (Å²) in [7, 11) is -0.591. The fraction of sp³-hybridized carbons (Fsp3) is 0.143. The standard InChI is InChI=1S/C14H15NO4S/c1-18-13-9-8-11(10-14(13)19-2)15-20(16,17)12-6-4-3-5-7-12/h3-10,15H,1-2H3. The van der Waals surface area contributed by atoms with Crippen LogP contribution in [0.25, 0.3) is 0 Å². The molecule has 0 bridgehead atoms. The highest BCUT2D eigenvalue weighted by Crippen LogP contribution is 2.30. The normalized spacial score (nSPS) is 10.9. The molecule has 2 aromatic rings. The second-order valence-electron chi connectivity index (χ2n) is 3.99. The summed E-state index contributed by atoms with van der Waals surface area (Å²) < 4.78 is 37.1. The molecule has 106 valence electrons. The first kappa shape index (κ1) is 14.2. The minimum Gasteiger partial charge on any atom is -0.493 e. The van der Waals surface area contributed by atoms with E-state index in [1.54, 1.807) is 36.4 Å². The van der Waals surface area contributed by atoms with Crippen LogP contribution in [0.3, 0.4) is 0 Å². The molecule has 0 heterocycles. The SMILES string of the molecule is COc1ccc(NS(=O)(=O)c2ccccc2)cc1OC. The fourth-order valence-corrected chi connectivity index (χ4v) is 2.78. The third kappa shape index (κ3) is 3.03. The maximum atomic E-state index is 12.2. The molecule has 0 atom stereocenters. The highest BCUT2D eigenvalue weighted by Gasteiger charge is 2.14. The molecule has 0 radical (unpaired) electrons. The van der Waals surface area contributed by atoms with E-state index in [-0.39, 0.29) is 4.90 Å². The highest BCUT2D eigenvalue weighted by molar-refractivity contribution is 7.92. The largest absolute Gasteiger partial charge is 0.493 e. The summed E-state index contributed by atoms with van der Waals surface area (Å²) in [5.41, 5.74) is 0.409. The summed E-state index contributed by atoms with van der Waals surface area (Å²) in [6, 6.07) is 13.0. The lowest BCUT2D eigenvalue weighted by Crippen LogP contribution is -2.12. The van der Waals surface area contributed by atoms with E-state index in [1.165, 1.54) is 26.4 Å². The van der Waals surface area contributed by atoms with Crippen molar-refractivity contribution in [2.24, 2.45) is 0 Å². The molecule has 2 aromatic carbocycles. The van der Waals surface area contributed by atoms with Gasteiger partial charge in [0.1, 0.15) is 0 Å². The van der Waals surface area contributed by atoms with Gasteiger partial charge in [0.25, 0.3) is 10.0 Å². The first-order valence-corrected chi connectivity index (χ1v) is 7.35. The summed E-state index contributed by atoms with van der Waals surface area (Å²) in [6.07, 6.45) is 0. The molecular formula is C14H15NO4S. The minimum atomic E-state index is -3.60. The molecule has 0 saturated heterocycles. The molecule has 0 spiro atoms. The van der Waals surface area contributed by atoms with Gasteiger partial charge in [-0.05, 0) is 24.3 Å². The lowest BCUT2D eigenvalue weighted by atomic mass is 10.3. The summed E-state index contributed by atoms with van der Waals surface area (Å²) in [4.78, 5) is 0.204. The highest BCUT2D eigenvalue weighted by atomic mass is 32.2. The number of hydrogen-bond acceptors (Lipinski definition) is 4. The Bertz CT molecular complexity index is 684. The van der Waals surface area contributed by atoms with Crippen molar-refractivity contribution < 1.29 is 17.9 Å². The molecule has 0 saturated carbocycles. The van der Waals surface area contributed by atoms with Crippen LogP contribution in [0.5, 0.6) is 11.5 Å². The van der Waals surface area contributed by atoms with E-state index in [1.807, 2.05) is 0 Å². The van der Waals surface area contributed by atoms with E-state index in [0.717, 1.165) is 0 Å².